The Bertz CT molecular complexity index is 197. The summed E-state index contributed by atoms with van der Waals surface area (Å²) in [5.74, 6) is -0.0542. The molecule has 0 rings (SSSR count). The lowest BCUT2D eigenvalue weighted by molar-refractivity contribution is -0.145. The maximum Gasteiger partial charge on any atom is 0.320 e. The highest BCUT2D eigenvalue weighted by Gasteiger charge is 2.11. The molecule has 0 N–H and O–H groups in total. The molecule has 0 atom stereocenters. The minimum absolute atomic E-state index is 0.0542. The fourth-order valence-electron chi connectivity index (χ4n) is 2.00. The third kappa shape index (κ3) is 12.2. The molecule has 19 heavy (non-hydrogen) atoms. The van der Waals surface area contributed by atoms with Gasteiger partial charge in [-0.2, -0.15) is 0 Å². The summed E-state index contributed by atoms with van der Waals surface area (Å²) in [7, 11) is 0. The molecule has 0 aromatic carbocycles. The smallest absolute Gasteiger partial charge is 0.320 e. The molecule has 0 unspecified atom stereocenters. The van der Waals surface area contributed by atoms with Crippen molar-refractivity contribution in [3.63, 3.8) is 0 Å². The number of esters is 1. The van der Waals surface area contributed by atoms with Crippen LogP contribution in [0.15, 0.2) is 0 Å². The van der Waals surface area contributed by atoms with Crippen molar-refractivity contribution in [3.8, 4) is 0 Å². The van der Waals surface area contributed by atoms with Crippen molar-refractivity contribution in [1.29, 1.82) is 0 Å². The first-order valence-electron chi connectivity index (χ1n) is 8.12. The van der Waals surface area contributed by atoms with Crippen molar-refractivity contribution in [1.82, 2.24) is 4.90 Å². The van der Waals surface area contributed by atoms with Crippen molar-refractivity contribution >= 4 is 5.97 Å². The van der Waals surface area contributed by atoms with Gasteiger partial charge in [-0.1, -0.05) is 52.9 Å². The number of nitrogens with zero attached hydrogens (tertiary/aromatic N) is 1. The predicted molar refractivity (Wildman–Crippen MR) is 81.4 cm³/mol. The number of ether oxygens (including phenoxy) is 1. The summed E-state index contributed by atoms with van der Waals surface area (Å²) in [6.07, 6.45) is 9.36. The average molecular weight is 271 g/mol. The van der Waals surface area contributed by atoms with Gasteiger partial charge >= 0.3 is 5.97 Å². The molecule has 0 aliphatic rings. The van der Waals surface area contributed by atoms with Crippen molar-refractivity contribution in [2.45, 2.75) is 72.1 Å². The summed E-state index contributed by atoms with van der Waals surface area (Å²) in [4.78, 5) is 14.0. The summed E-state index contributed by atoms with van der Waals surface area (Å²) in [5.41, 5.74) is 0. The summed E-state index contributed by atoms with van der Waals surface area (Å²) in [5, 5.41) is 0. The third-order valence-electron chi connectivity index (χ3n) is 3.27. The number of hydrogen-bond acceptors (Lipinski definition) is 3. The van der Waals surface area contributed by atoms with Gasteiger partial charge in [-0.15, -0.1) is 0 Å². The molecule has 0 radical (unpaired) electrons. The molecule has 0 heterocycles. The monoisotopic (exact) mass is 271 g/mol. The summed E-state index contributed by atoms with van der Waals surface area (Å²) >= 11 is 0. The van der Waals surface area contributed by atoms with Crippen molar-refractivity contribution in [2.24, 2.45) is 0 Å². The molecule has 114 valence electrons. The van der Waals surface area contributed by atoms with Crippen LogP contribution in [0.4, 0.5) is 0 Å². The van der Waals surface area contributed by atoms with Gasteiger partial charge in [0.25, 0.3) is 0 Å². The van der Waals surface area contributed by atoms with Gasteiger partial charge in [0.15, 0.2) is 0 Å². The normalized spacial score (nSPS) is 10.9. The highest BCUT2D eigenvalue weighted by atomic mass is 16.5. The van der Waals surface area contributed by atoms with Gasteiger partial charge < -0.3 is 4.74 Å². The van der Waals surface area contributed by atoms with Crippen LogP contribution in [0.2, 0.25) is 0 Å². The van der Waals surface area contributed by atoms with Gasteiger partial charge in [0, 0.05) is 0 Å². The Morgan fingerprint density at radius 1 is 0.842 bits per heavy atom. The standard InChI is InChI=1S/C16H33NO2/c1-4-7-10-12-17(13-11-8-5-2)15-16(18)19-14-9-6-3/h4-15H2,1-3H3. The Morgan fingerprint density at radius 2 is 1.37 bits per heavy atom. The van der Waals surface area contributed by atoms with Crippen LogP contribution < -0.4 is 0 Å². The average Bonchev–Trinajstić information content (AvgIpc) is 2.39. The van der Waals surface area contributed by atoms with Crippen molar-refractivity contribution < 1.29 is 9.53 Å². The lowest BCUT2D eigenvalue weighted by Crippen LogP contribution is -2.33. The lowest BCUT2D eigenvalue weighted by atomic mass is 10.2. The van der Waals surface area contributed by atoms with E-state index in [9.17, 15) is 4.79 Å². The number of hydrogen-bond donors (Lipinski definition) is 0. The molecule has 0 spiro atoms. The molecule has 3 nitrogen and oxygen atoms in total. The van der Waals surface area contributed by atoms with Gasteiger partial charge in [0.05, 0.1) is 13.2 Å². The minimum Gasteiger partial charge on any atom is -0.465 e. The van der Waals surface area contributed by atoms with Crippen LogP contribution >= 0.6 is 0 Å². The summed E-state index contributed by atoms with van der Waals surface area (Å²) in [6.45, 7) is 9.63. The first-order valence-corrected chi connectivity index (χ1v) is 8.12. The van der Waals surface area contributed by atoms with Crippen LogP contribution in [0.1, 0.15) is 72.1 Å². The Labute approximate surface area is 119 Å². The maximum absolute atomic E-state index is 11.7. The highest BCUT2D eigenvalue weighted by Crippen LogP contribution is 2.03. The van der Waals surface area contributed by atoms with E-state index in [2.05, 4.69) is 25.7 Å². The second kappa shape index (κ2) is 13.9. The van der Waals surface area contributed by atoms with E-state index in [1.165, 1.54) is 38.5 Å². The Kier molecular flexibility index (Phi) is 13.4. The number of unbranched alkanes of at least 4 members (excludes halogenated alkanes) is 5. The number of carbonyl (C=O) groups excluding carboxylic acids is 1. The van der Waals surface area contributed by atoms with Crippen molar-refractivity contribution in [2.75, 3.05) is 26.2 Å². The quantitative estimate of drug-likeness (QED) is 0.374. The van der Waals surface area contributed by atoms with Crippen LogP contribution in [0.25, 0.3) is 0 Å². The molecule has 0 amide bonds. The molecule has 0 saturated carbocycles. The molecule has 3 heteroatoms. The fraction of sp³-hybridized carbons (Fsp3) is 0.938. The maximum atomic E-state index is 11.7. The molecule has 0 saturated heterocycles. The van der Waals surface area contributed by atoms with Gasteiger partial charge in [-0.25, -0.2) is 0 Å². The molecule has 0 aromatic heterocycles. The van der Waals surface area contributed by atoms with E-state index < -0.39 is 0 Å². The first kappa shape index (κ1) is 18.4. The van der Waals surface area contributed by atoms with E-state index in [0.29, 0.717) is 13.2 Å². The van der Waals surface area contributed by atoms with E-state index in [1.807, 2.05) is 0 Å². The van der Waals surface area contributed by atoms with Gasteiger partial charge in [-0.3, -0.25) is 9.69 Å². The highest BCUT2D eigenvalue weighted by molar-refractivity contribution is 5.71. The molecular formula is C16H33NO2. The van der Waals surface area contributed by atoms with Crippen LogP contribution in [0, 0.1) is 0 Å². The Morgan fingerprint density at radius 3 is 1.84 bits per heavy atom. The van der Waals surface area contributed by atoms with Crippen LogP contribution in [0.5, 0.6) is 0 Å². The molecular weight excluding hydrogens is 238 g/mol. The number of carbonyl (C=O) groups is 1. The van der Waals surface area contributed by atoms with E-state index in [-0.39, 0.29) is 5.97 Å². The zero-order valence-corrected chi connectivity index (χ0v) is 13.2. The molecule has 0 aliphatic heterocycles. The van der Waals surface area contributed by atoms with Gasteiger partial charge in [0.1, 0.15) is 0 Å². The van der Waals surface area contributed by atoms with Crippen LogP contribution in [-0.4, -0.2) is 37.1 Å². The van der Waals surface area contributed by atoms with Crippen LogP contribution in [0.3, 0.4) is 0 Å². The summed E-state index contributed by atoms with van der Waals surface area (Å²) in [6, 6.07) is 0. The Hall–Kier alpha value is -0.570. The second-order valence-corrected chi connectivity index (χ2v) is 5.26. The number of rotatable bonds is 13. The topological polar surface area (TPSA) is 29.5 Å². The van der Waals surface area contributed by atoms with E-state index in [4.69, 9.17) is 4.74 Å². The SMILES string of the molecule is CCCCCN(CCCCC)CC(=O)OCCCC. The van der Waals surface area contributed by atoms with Gasteiger partial charge in [-0.05, 0) is 32.4 Å². The predicted octanol–water partition coefficient (Wildman–Crippen LogP) is 4.01. The van der Waals surface area contributed by atoms with E-state index in [1.54, 1.807) is 0 Å². The molecule has 0 bridgehead atoms. The molecule has 0 fully saturated rings. The lowest BCUT2D eigenvalue weighted by Gasteiger charge is -2.21. The fourth-order valence-corrected chi connectivity index (χ4v) is 2.00. The summed E-state index contributed by atoms with van der Waals surface area (Å²) < 4.78 is 5.24. The zero-order valence-electron chi connectivity index (χ0n) is 13.2. The van der Waals surface area contributed by atoms with Gasteiger partial charge in [0.2, 0.25) is 0 Å². The third-order valence-corrected chi connectivity index (χ3v) is 3.27. The zero-order chi connectivity index (χ0) is 14.3. The van der Waals surface area contributed by atoms with Crippen LogP contribution in [-0.2, 0) is 9.53 Å². The second-order valence-electron chi connectivity index (χ2n) is 5.26. The first-order chi connectivity index (χ1) is 9.24. The van der Waals surface area contributed by atoms with E-state index in [0.717, 1.165) is 25.9 Å². The van der Waals surface area contributed by atoms with Crippen molar-refractivity contribution in [3.05, 3.63) is 0 Å². The molecule has 0 aromatic rings. The minimum atomic E-state index is -0.0542. The van der Waals surface area contributed by atoms with E-state index >= 15 is 0 Å². The molecule has 0 aliphatic carbocycles. The Balaban J connectivity index is 3.89. The largest absolute Gasteiger partial charge is 0.465 e.